The molecular weight excluding hydrogens is 390 g/mol. The van der Waals surface area contributed by atoms with Gasteiger partial charge < -0.3 is 9.30 Å². The van der Waals surface area contributed by atoms with E-state index in [-0.39, 0.29) is 28.2 Å². The monoisotopic (exact) mass is 405 g/mol. The summed E-state index contributed by atoms with van der Waals surface area (Å²) in [6.45, 7) is -0.248. The number of sulfone groups is 1. The van der Waals surface area contributed by atoms with Gasteiger partial charge in [-0.25, -0.2) is 21.8 Å². The molecule has 0 N–H and O–H groups in total. The smallest absolute Gasteiger partial charge is 0.243 e. The van der Waals surface area contributed by atoms with Crippen molar-refractivity contribution < 1.29 is 21.6 Å². The van der Waals surface area contributed by atoms with E-state index in [9.17, 15) is 16.8 Å². The van der Waals surface area contributed by atoms with Gasteiger partial charge in [0.15, 0.2) is 0 Å². The maximum absolute atomic E-state index is 12.6. The van der Waals surface area contributed by atoms with Crippen molar-refractivity contribution in [1.82, 2.24) is 13.9 Å². The summed E-state index contributed by atoms with van der Waals surface area (Å²) >= 11 is 5.97. The molecule has 0 radical (unpaired) electrons. The van der Waals surface area contributed by atoms with Crippen LogP contribution in [0.2, 0.25) is 5.02 Å². The van der Waals surface area contributed by atoms with Crippen LogP contribution >= 0.6 is 11.6 Å². The zero-order valence-electron chi connectivity index (χ0n) is 13.5. The largest absolute Gasteiger partial charge is 0.495 e. The van der Waals surface area contributed by atoms with Crippen molar-refractivity contribution in [1.29, 1.82) is 0 Å². The molecule has 1 aliphatic rings. The molecule has 0 amide bonds. The van der Waals surface area contributed by atoms with Gasteiger partial charge in [-0.3, -0.25) is 0 Å². The second-order valence-corrected chi connectivity index (χ2v) is 10.1. The van der Waals surface area contributed by atoms with Gasteiger partial charge in [-0.05, 0) is 18.2 Å². The topological polar surface area (TPSA) is 98.6 Å². The summed E-state index contributed by atoms with van der Waals surface area (Å²) in [5, 5.41) is -0.722. The standard InChI is InChI=1S/C14H16ClN3O5S2/c1-17-6-5-16-14(17)24(19,20)11-8-18(9-11)25(21,22)10-3-4-13(23-2)12(15)7-10/h3-7,11H,8-9H2,1-2H3. The van der Waals surface area contributed by atoms with Crippen LogP contribution in [0.4, 0.5) is 0 Å². The van der Waals surface area contributed by atoms with Gasteiger partial charge in [0.25, 0.3) is 0 Å². The SMILES string of the molecule is COc1ccc(S(=O)(=O)N2CC(S(=O)(=O)c3nccn3C)C2)cc1Cl. The van der Waals surface area contributed by atoms with E-state index in [1.807, 2.05) is 0 Å². The van der Waals surface area contributed by atoms with E-state index in [1.165, 1.54) is 42.3 Å². The minimum absolute atomic E-state index is 0.00820. The second kappa shape index (κ2) is 6.27. The van der Waals surface area contributed by atoms with Gasteiger partial charge >= 0.3 is 0 Å². The van der Waals surface area contributed by atoms with Crippen LogP contribution < -0.4 is 4.74 Å². The highest BCUT2D eigenvalue weighted by Crippen LogP contribution is 2.32. The summed E-state index contributed by atoms with van der Waals surface area (Å²) in [5.74, 6) is 0.361. The van der Waals surface area contributed by atoms with Crippen LogP contribution in [-0.4, -0.2) is 56.1 Å². The first-order valence-electron chi connectivity index (χ1n) is 7.23. The Kier molecular flexibility index (Phi) is 4.56. The van der Waals surface area contributed by atoms with Crippen molar-refractivity contribution in [3.8, 4) is 5.75 Å². The van der Waals surface area contributed by atoms with E-state index in [0.717, 1.165) is 4.31 Å². The van der Waals surface area contributed by atoms with Crippen LogP contribution in [0.1, 0.15) is 0 Å². The maximum Gasteiger partial charge on any atom is 0.243 e. The number of imidazole rings is 1. The number of nitrogens with zero attached hydrogens (tertiary/aromatic N) is 3. The summed E-state index contributed by atoms with van der Waals surface area (Å²) in [6.07, 6.45) is 2.92. The van der Waals surface area contributed by atoms with Crippen molar-refractivity contribution >= 4 is 31.5 Å². The number of aromatic nitrogens is 2. The lowest BCUT2D eigenvalue weighted by Gasteiger charge is -2.37. The van der Waals surface area contributed by atoms with E-state index in [2.05, 4.69) is 4.98 Å². The molecule has 0 bridgehead atoms. The van der Waals surface area contributed by atoms with Crippen LogP contribution in [0, 0.1) is 0 Å². The molecule has 136 valence electrons. The minimum atomic E-state index is -3.82. The summed E-state index contributed by atoms with van der Waals surface area (Å²) < 4.78 is 57.7. The fraction of sp³-hybridized carbons (Fsp3) is 0.357. The van der Waals surface area contributed by atoms with Gasteiger partial charge in [0.2, 0.25) is 25.0 Å². The average Bonchev–Trinajstić information content (AvgIpc) is 2.92. The molecule has 1 aromatic heterocycles. The maximum atomic E-state index is 12.6. The summed E-state index contributed by atoms with van der Waals surface area (Å²) in [6, 6.07) is 4.12. The second-order valence-electron chi connectivity index (χ2n) is 5.61. The van der Waals surface area contributed by atoms with Crippen molar-refractivity contribution in [2.75, 3.05) is 20.2 Å². The first-order chi connectivity index (χ1) is 11.7. The Morgan fingerprint density at radius 2 is 1.92 bits per heavy atom. The molecule has 1 saturated heterocycles. The number of rotatable bonds is 5. The van der Waals surface area contributed by atoms with Gasteiger partial charge in [-0.1, -0.05) is 11.6 Å². The predicted molar refractivity (Wildman–Crippen MR) is 90.9 cm³/mol. The molecule has 1 aromatic carbocycles. The lowest BCUT2D eigenvalue weighted by atomic mass is 10.3. The fourth-order valence-electron chi connectivity index (χ4n) is 2.53. The number of aryl methyl sites for hydroxylation is 1. The van der Waals surface area contributed by atoms with Crippen molar-refractivity contribution in [3.05, 3.63) is 35.6 Å². The Morgan fingerprint density at radius 1 is 1.24 bits per heavy atom. The Labute approximate surface area is 151 Å². The van der Waals surface area contributed by atoms with Crippen LogP contribution in [0.25, 0.3) is 0 Å². The van der Waals surface area contributed by atoms with Crippen LogP contribution in [0.5, 0.6) is 5.75 Å². The Morgan fingerprint density at radius 3 is 2.44 bits per heavy atom. The molecule has 0 aliphatic carbocycles. The Balaban J connectivity index is 1.80. The molecule has 3 rings (SSSR count). The number of methoxy groups -OCH3 is 1. The summed E-state index contributed by atoms with van der Waals surface area (Å²) in [4.78, 5) is 3.83. The zero-order valence-corrected chi connectivity index (χ0v) is 15.8. The highest BCUT2D eigenvalue weighted by molar-refractivity contribution is 7.92. The third-order valence-electron chi connectivity index (χ3n) is 4.05. The van der Waals surface area contributed by atoms with Crippen molar-refractivity contribution in [2.45, 2.75) is 15.3 Å². The van der Waals surface area contributed by atoms with Gasteiger partial charge in [0, 0.05) is 32.5 Å². The van der Waals surface area contributed by atoms with E-state index < -0.39 is 25.1 Å². The number of sulfonamides is 1. The predicted octanol–water partition coefficient (Wildman–Crippen LogP) is 0.929. The number of hydrogen-bond donors (Lipinski definition) is 0. The molecule has 1 fully saturated rings. The highest BCUT2D eigenvalue weighted by Gasteiger charge is 2.45. The molecule has 0 unspecified atom stereocenters. The molecular formula is C14H16ClN3O5S2. The Bertz CT molecular complexity index is 1010. The summed E-state index contributed by atoms with van der Waals surface area (Å²) in [5.41, 5.74) is 0. The number of hydrogen-bond acceptors (Lipinski definition) is 6. The third-order valence-corrected chi connectivity index (χ3v) is 8.25. The molecule has 2 heterocycles. The quantitative estimate of drug-likeness (QED) is 0.733. The molecule has 25 heavy (non-hydrogen) atoms. The number of ether oxygens (including phenoxy) is 1. The first-order valence-corrected chi connectivity index (χ1v) is 10.6. The lowest BCUT2D eigenvalue weighted by molar-refractivity contribution is 0.308. The van der Waals surface area contributed by atoms with Crippen molar-refractivity contribution in [2.24, 2.45) is 7.05 Å². The van der Waals surface area contributed by atoms with E-state index in [1.54, 1.807) is 7.05 Å². The molecule has 11 heteroatoms. The molecule has 1 aliphatic heterocycles. The number of benzene rings is 1. The van der Waals surface area contributed by atoms with Crippen LogP contribution in [0.15, 0.2) is 40.6 Å². The van der Waals surface area contributed by atoms with Gasteiger partial charge in [0.05, 0.1) is 22.3 Å². The van der Waals surface area contributed by atoms with Gasteiger partial charge in [-0.2, -0.15) is 4.31 Å². The molecule has 8 nitrogen and oxygen atoms in total. The van der Waals surface area contributed by atoms with E-state index in [4.69, 9.17) is 16.3 Å². The van der Waals surface area contributed by atoms with Gasteiger partial charge in [-0.15, -0.1) is 0 Å². The number of halogens is 1. The van der Waals surface area contributed by atoms with E-state index in [0.29, 0.717) is 5.75 Å². The van der Waals surface area contributed by atoms with Gasteiger partial charge in [0.1, 0.15) is 5.75 Å². The summed E-state index contributed by atoms with van der Waals surface area (Å²) in [7, 11) is -4.50. The molecule has 0 atom stereocenters. The molecule has 0 spiro atoms. The Hall–Kier alpha value is -1.62. The minimum Gasteiger partial charge on any atom is -0.495 e. The fourth-order valence-corrected chi connectivity index (χ4v) is 6.31. The van der Waals surface area contributed by atoms with Crippen molar-refractivity contribution in [3.63, 3.8) is 0 Å². The molecule has 2 aromatic rings. The molecule has 0 saturated carbocycles. The lowest BCUT2D eigenvalue weighted by Crippen LogP contribution is -2.56. The highest BCUT2D eigenvalue weighted by atomic mass is 35.5. The average molecular weight is 406 g/mol. The van der Waals surface area contributed by atoms with Crippen LogP contribution in [0.3, 0.4) is 0 Å². The zero-order chi connectivity index (χ0) is 18.4. The first kappa shape index (κ1) is 18.2. The van der Waals surface area contributed by atoms with Crippen LogP contribution in [-0.2, 0) is 26.9 Å². The normalized spacial score (nSPS) is 16.6. The third kappa shape index (κ3) is 3.03. The van der Waals surface area contributed by atoms with E-state index >= 15 is 0 Å².